The number of aryl methyl sites for hydroxylation is 1. The van der Waals surface area contributed by atoms with Gasteiger partial charge in [-0.05, 0) is 48.7 Å². The average molecular weight is 432 g/mol. The third-order valence-corrected chi connectivity index (χ3v) is 6.08. The number of ether oxygens (including phenoxy) is 1. The molecule has 0 spiro atoms. The molecule has 4 aromatic rings. The van der Waals surface area contributed by atoms with Crippen molar-refractivity contribution in [2.75, 3.05) is 11.5 Å². The van der Waals surface area contributed by atoms with Gasteiger partial charge < -0.3 is 4.74 Å². The largest absolute Gasteiger partial charge is 0.492 e. The summed E-state index contributed by atoms with van der Waals surface area (Å²) < 4.78 is 6.73. The van der Waals surface area contributed by atoms with Gasteiger partial charge in [0.2, 0.25) is 5.91 Å². The Kier molecular flexibility index (Phi) is 6.57. The van der Waals surface area contributed by atoms with Gasteiger partial charge in [-0.3, -0.25) is 14.7 Å². The van der Waals surface area contributed by atoms with Crippen LogP contribution in [0.4, 0.5) is 5.13 Å². The van der Waals surface area contributed by atoms with E-state index >= 15 is 0 Å². The third-order valence-electron chi connectivity index (χ3n) is 5.04. The highest BCUT2D eigenvalue weighted by atomic mass is 32.1. The van der Waals surface area contributed by atoms with Gasteiger partial charge in [0.25, 0.3) is 0 Å². The zero-order valence-corrected chi connectivity index (χ0v) is 18.6. The molecule has 2 aromatic carbocycles. The van der Waals surface area contributed by atoms with Crippen LogP contribution in [0.25, 0.3) is 10.2 Å². The molecule has 0 fully saturated rings. The summed E-state index contributed by atoms with van der Waals surface area (Å²) in [6.07, 6.45) is 3.03. The van der Waals surface area contributed by atoms with Crippen molar-refractivity contribution in [1.29, 1.82) is 0 Å². The summed E-state index contributed by atoms with van der Waals surface area (Å²) in [5.41, 5.74) is 3.86. The SMILES string of the molecule is CCOc1cccc2sc(N(Cc3ccccn3)C(=O)Cc3ccc(CC)cc3)nc12. The first-order valence-corrected chi connectivity index (χ1v) is 11.3. The molecular weight excluding hydrogens is 406 g/mol. The quantitative estimate of drug-likeness (QED) is 0.373. The molecule has 0 radical (unpaired) electrons. The lowest BCUT2D eigenvalue weighted by molar-refractivity contribution is -0.118. The average Bonchev–Trinajstić information content (AvgIpc) is 3.24. The molecule has 0 unspecified atom stereocenters. The molecule has 0 atom stereocenters. The number of anilines is 1. The lowest BCUT2D eigenvalue weighted by Crippen LogP contribution is -2.32. The number of hydrogen-bond donors (Lipinski definition) is 0. The van der Waals surface area contributed by atoms with Crippen LogP contribution in [-0.2, 0) is 24.2 Å². The normalized spacial score (nSPS) is 10.9. The number of amides is 1. The Morgan fingerprint density at radius 1 is 1.00 bits per heavy atom. The predicted molar refractivity (Wildman–Crippen MR) is 126 cm³/mol. The van der Waals surface area contributed by atoms with Crippen molar-refractivity contribution in [3.05, 3.63) is 83.7 Å². The van der Waals surface area contributed by atoms with Gasteiger partial charge in [-0.15, -0.1) is 0 Å². The molecular formula is C25H25N3O2S. The number of thiazole rings is 1. The van der Waals surface area contributed by atoms with E-state index in [0.29, 0.717) is 24.7 Å². The van der Waals surface area contributed by atoms with Gasteiger partial charge in [0, 0.05) is 6.20 Å². The highest BCUT2D eigenvalue weighted by Gasteiger charge is 2.22. The fourth-order valence-electron chi connectivity index (χ4n) is 3.38. The van der Waals surface area contributed by atoms with E-state index in [1.165, 1.54) is 16.9 Å². The van der Waals surface area contributed by atoms with Gasteiger partial charge in [0.1, 0.15) is 11.3 Å². The molecule has 31 heavy (non-hydrogen) atoms. The van der Waals surface area contributed by atoms with Gasteiger partial charge in [0.05, 0.1) is 30.0 Å². The first kappa shape index (κ1) is 21.0. The fraction of sp³-hybridized carbons (Fsp3) is 0.240. The summed E-state index contributed by atoms with van der Waals surface area (Å²) in [5, 5.41) is 0.656. The Balaban J connectivity index is 1.67. The second-order valence-corrected chi connectivity index (χ2v) is 8.19. The minimum atomic E-state index is -0.00748. The van der Waals surface area contributed by atoms with Crippen LogP contribution in [0.2, 0.25) is 0 Å². The van der Waals surface area contributed by atoms with Gasteiger partial charge in [-0.1, -0.05) is 54.7 Å². The van der Waals surface area contributed by atoms with Crippen molar-refractivity contribution >= 4 is 32.6 Å². The fourth-order valence-corrected chi connectivity index (χ4v) is 4.38. The summed E-state index contributed by atoms with van der Waals surface area (Å²) >= 11 is 1.50. The van der Waals surface area contributed by atoms with Crippen molar-refractivity contribution in [2.24, 2.45) is 0 Å². The standard InChI is InChI=1S/C25H25N3O2S/c1-3-18-11-13-19(14-12-18)16-23(29)28(17-20-8-5-6-15-26-20)25-27-24-21(30-4-2)9-7-10-22(24)31-25/h5-15H,3-4,16-17H2,1-2H3. The second-order valence-electron chi connectivity index (χ2n) is 7.18. The van der Waals surface area contributed by atoms with Crippen LogP contribution in [0.15, 0.2) is 66.9 Å². The number of aromatic nitrogens is 2. The van der Waals surface area contributed by atoms with E-state index in [-0.39, 0.29) is 5.91 Å². The van der Waals surface area contributed by atoms with Crippen LogP contribution in [0.3, 0.4) is 0 Å². The Hall–Kier alpha value is -3.25. The van der Waals surface area contributed by atoms with Crippen LogP contribution in [0.1, 0.15) is 30.7 Å². The molecule has 0 N–H and O–H groups in total. The Morgan fingerprint density at radius 3 is 2.52 bits per heavy atom. The van der Waals surface area contributed by atoms with Crippen molar-refractivity contribution < 1.29 is 9.53 Å². The molecule has 2 heterocycles. The molecule has 4 rings (SSSR count). The summed E-state index contributed by atoms with van der Waals surface area (Å²) in [4.78, 5) is 24.3. The van der Waals surface area contributed by atoms with E-state index in [4.69, 9.17) is 9.72 Å². The van der Waals surface area contributed by atoms with Crippen LogP contribution < -0.4 is 9.64 Å². The Labute approximate surface area is 186 Å². The monoisotopic (exact) mass is 431 g/mol. The first-order valence-electron chi connectivity index (χ1n) is 10.5. The molecule has 0 aliphatic rings. The number of pyridine rings is 1. The molecule has 6 heteroatoms. The zero-order valence-electron chi connectivity index (χ0n) is 17.7. The summed E-state index contributed by atoms with van der Waals surface area (Å²) in [7, 11) is 0. The van der Waals surface area contributed by atoms with Crippen LogP contribution in [0, 0.1) is 0 Å². The highest BCUT2D eigenvalue weighted by Crippen LogP contribution is 2.35. The van der Waals surface area contributed by atoms with Gasteiger partial charge in [0.15, 0.2) is 5.13 Å². The Morgan fingerprint density at radius 2 is 1.81 bits per heavy atom. The molecule has 0 bridgehead atoms. The van der Waals surface area contributed by atoms with E-state index in [1.807, 2.05) is 55.5 Å². The zero-order chi connectivity index (χ0) is 21.6. The molecule has 0 aliphatic heterocycles. The van der Waals surface area contributed by atoms with E-state index in [0.717, 1.165) is 33.6 Å². The van der Waals surface area contributed by atoms with Crippen molar-refractivity contribution in [1.82, 2.24) is 9.97 Å². The third kappa shape index (κ3) is 4.91. The second kappa shape index (κ2) is 9.71. The maximum Gasteiger partial charge on any atom is 0.233 e. The smallest absolute Gasteiger partial charge is 0.233 e. The number of rotatable bonds is 8. The number of carbonyl (C=O) groups is 1. The molecule has 1 amide bonds. The minimum Gasteiger partial charge on any atom is -0.492 e. The first-order chi connectivity index (χ1) is 15.2. The van der Waals surface area contributed by atoms with Gasteiger partial charge >= 0.3 is 0 Å². The lowest BCUT2D eigenvalue weighted by atomic mass is 10.1. The van der Waals surface area contributed by atoms with E-state index in [9.17, 15) is 4.79 Å². The van der Waals surface area contributed by atoms with Gasteiger partial charge in [-0.2, -0.15) is 0 Å². The van der Waals surface area contributed by atoms with Crippen LogP contribution in [0.5, 0.6) is 5.75 Å². The highest BCUT2D eigenvalue weighted by molar-refractivity contribution is 7.22. The predicted octanol–water partition coefficient (Wildman–Crippen LogP) is 5.43. The maximum absolute atomic E-state index is 13.4. The van der Waals surface area contributed by atoms with E-state index in [1.54, 1.807) is 11.1 Å². The minimum absolute atomic E-state index is 0.00748. The number of nitrogens with zero attached hydrogens (tertiary/aromatic N) is 3. The summed E-state index contributed by atoms with van der Waals surface area (Å²) in [6, 6.07) is 19.8. The molecule has 5 nitrogen and oxygen atoms in total. The van der Waals surface area contributed by atoms with Crippen LogP contribution >= 0.6 is 11.3 Å². The topological polar surface area (TPSA) is 55.3 Å². The number of carbonyl (C=O) groups excluding carboxylic acids is 1. The van der Waals surface area contributed by atoms with Crippen LogP contribution in [-0.4, -0.2) is 22.5 Å². The van der Waals surface area contributed by atoms with Crippen molar-refractivity contribution in [2.45, 2.75) is 33.2 Å². The molecule has 0 saturated carbocycles. The van der Waals surface area contributed by atoms with E-state index in [2.05, 4.69) is 24.0 Å². The number of benzene rings is 2. The number of para-hydroxylation sites is 1. The molecule has 0 aliphatic carbocycles. The van der Waals surface area contributed by atoms with Crippen molar-refractivity contribution in [3.8, 4) is 5.75 Å². The van der Waals surface area contributed by atoms with Gasteiger partial charge in [-0.25, -0.2) is 4.98 Å². The molecule has 0 saturated heterocycles. The van der Waals surface area contributed by atoms with E-state index < -0.39 is 0 Å². The summed E-state index contributed by atoms with van der Waals surface area (Å²) in [5.74, 6) is 0.731. The Bertz CT molecular complexity index is 1160. The lowest BCUT2D eigenvalue weighted by Gasteiger charge is -2.19. The number of fused-ring (bicyclic) bond motifs is 1. The molecule has 2 aromatic heterocycles. The molecule has 158 valence electrons. The summed E-state index contributed by atoms with van der Waals surface area (Å²) in [6.45, 7) is 5.01. The van der Waals surface area contributed by atoms with Crippen molar-refractivity contribution in [3.63, 3.8) is 0 Å². The maximum atomic E-state index is 13.4. The number of hydrogen-bond acceptors (Lipinski definition) is 5.